The van der Waals surface area contributed by atoms with Gasteiger partial charge in [-0.05, 0) is 96.1 Å². The maximum Gasteiger partial charge on any atom is 0.408 e. The molecule has 0 saturated heterocycles. The van der Waals surface area contributed by atoms with Crippen molar-refractivity contribution in [2.45, 2.75) is 85.5 Å². The summed E-state index contributed by atoms with van der Waals surface area (Å²) in [5, 5.41) is 40.1. The van der Waals surface area contributed by atoms with Crippen LogP contribution in [0.2, 0.25) is 0 Å². The summed E-state index contributed by atoms with van der Waals surface area (Å²) in [5.74, 6) is 3.59. The Morgan fingerprint density at radius 3 is 1.42 bits per heavy atom. The molecule has 0 saturated carbocycles. The molecule has 0 aliphatic heterocycles. The summed E-state index contributed by atoms with van der Waals surface area (Å²) < 4.78 is 30.2. The summed E-state index contributed by atoms with van der Waals surface area (Å²) >= 11 is 0. The first-order valence-corrected chi connectivity index (χ1v) is 22.1. The summed E-state index contributed by atoms with van der Waals surface area (Å²) in [6, 6.07) is 19.4. The molecule has 5 heterocycles. The van der Waals surface area contributed by atoms with Crippen molar-refractivity contribution < 1.29 is 42.5 Å². The van der Waals surface area contributed by atoms with Gasteiger partial charge in [0, 0.05) is 34.9 Å². The monoisotopic (exact) mass is 1010 g/mol. The van der Waals surface area contributed by atoms with Gasteiger partial charge < -0.3 is 49.3 Å². The highest BCUT2D eigenvalue weighted by Crippen LogP contribution is 2.24. The van der Waals surface area contributed by atoms with E-state index in [1.165, 1.54) is 22.9 Å². The second kappa shape index (κ2) is 24.1. The smallest absolute Gasteiger partial charge is 0.408 e. The molecule has 378 valence electrons. The highest BCUT2D eigenvalue weighted by molar-refractivity contribution is 5.85. The van der Waals surface area contributed by atoms with E-state index >= 15 is 0 Å². The van der Waals surface area contributed by atoms with Crippen molar-refractivity contribution in [2.24, 2.45) is 5.73 Å². The Hall–Kier alpha value is -8.16. The molecule has 6 N–H and O–H groups in total. The number of nitrogens with two attached hydrogens (primary N) is 1. The predicted molar refractivity (Wildman–Crippen MR) is 269 cm³/mol. The number of terminal acetylenes is 1. The molecule has 72 heavy (non-hydrogen) atoms. The molecule has 5 aromatic heterocycles. The Kier molecular flexibility index (Phi) is 18.3. The van der Waals surface area contributed by atoms with Gasteiger partial charge in [0.2, 0.25) is 0 Å². The van der Waals surface area contributed by atoms with Crippen molar-refractivity contribution in [3.05, 3.63) is 139 Å². The Bertz CT molecular complexity index is 3410. The van der Waals surface area contributed by atoms with Gasteiger partial charge in [-0.25, -0.2) is 19.0 Å². The van der Waals surface area contributed by atoms with Crippen molar-refractivity contribution in [2.75, 3.05) is 13.2 Å². The number of carbonyl (C=O) groups is 2. The largest absolute Gasteiger partial charge is 0.459 e. The topological polar surface area (TPSA) is 295 Å². The number of hydrogen-bond acceptors (Lipinski definition) is 17. The number of alkyl carbamates (subject to hydrolysis) is 2. The van der Waals surface area contributed by atoms with Crippen molar-refractivity contribution >= 4 is 57.5 Å². The van der Waals surface area contributed by atoms with Crippen molar-refractivity contribution in [1.82, 2.24) is 40.6 Å². The molecule has 0 atom stereocenters. The van der Waals surface area contributed by atoms with Gasteiger partial charge in [0.25, 0.3) is 0 Å². The lowest BCUT2D eigenvalue weighted by atomic mass is 10.1. The predicted octanol–water partition coefficient (Wildman–Crippen LogP) is 5.79. The first-order chi connectivity index (χ1) is 33.7. The van der Waals surface area contributed by atoms with Gasteiger partial charge in [-0.2, -0.15) is 0 Å². The van der Waals surface area contributed by atoms with Crippen LogP contribution in [0.4, 0.5) is 9.59 Å². The van der Waals surface area contributed by atoms with Gasteiger partial charge in [-0.1, -0.05) is 16.3 Å². The zero-order chi connectivity index (χ0) is 51.5. The highest BCUT2D eigenvalue weighted by Gasteiger charge is 2.18. The lowest BCUT2D eigenvalue weighted by Gasteiger charge is -2.19. The van der Waals surface area contributed by atoms with Crippen molar-refractivity contribution in [3.8, 4) is 34.9 Å². The van der Waals surface area contributed by atoms with E-state index < -0.39 is 23.4 Å². The minimum Gasteiger partial charge on any atom is -0.459 e. The number of ether oxygens (including phenoxy) is 2. The summed E-state index contributed by atoms with van der Waals surface area (Å²) in [5.41, 5.74) is 8.35. The second-order valence-electron chi connectivity index (χ2n) is 17.6. The third-order valence-electron chi connectivity index (χ3n) is 9.64. The van der Waals surface area contributed by atoms with Gasteiger partial charge in [0.05, 0.1) is 74.5 Å². The maximum absolute atomic E-state index is 12.5. The van der Waals surface area contributed by atoms with Crippen LogP contribution in [0, 0.1) is 12.3 Å². The third-order valence-corrected chi connectivity index (χ3v) is 9.64. The molecule has 0 bridgehead atoms. The number of aromatic nitrogens is 6. The molecule has 0 spiro atoms. The summed E-state index contributed by atoms with van der Waals surface area (Å²) in [6.07, 6.45) is 7.56. The van der Waals surface area contributed by atoms with Crippen LogP contribution in [0.25, 0.3) is 55.4 Å². The van der Waals surface area contributed by atoms with E-state index in [1.807, 2.05) is 0 Å². The number of rotatable bonds is 11. The number of aliphatic hydroxyl groups excluding tert-OH is 2. The summed E-state index contributed by atoms with van der Waals surface area (Å²) in [7, 11) is 0. The number of carbonyl (C=O) groups excluding carboxylic acids is 2. The summed E-state index contributed by atoms with van der Waals surface area (Å²) in [6.45, 7) is 11.6. The van der Waals surface area contributed by atoms with Crippen LogP contribution in [0.3, 0.4) is 0 Å². The fourth-order valence-corrected chi connectivity index (χ4v) is 6.53. The van der Waals surface area contributed by atoms with E-state index in [4.69, 9.17) is 45.1 Å². The van der Waals surface area contributed by atoms with Crippen LogP contribution in [-0.2, 0) is 42.2 Å². The van der Waals surface area contributed by atoms with Gasteiger partial charge >= 0.3 is 12.2 Å². The van der Waals surface area contributed by atoms with E-state index in [0.29, 0.717) is 85.8 Å². The quantitative estimate of drug-likeness (QED) is 0.0958. The van der Waals surface area contributed by atoms with Gasteiger partial charge in [0.1, 0.15) is 56.6 Å². The Balaban J connectivity index is 0.000000202. The molecule has 3 aromatic carbocycles. The van der Waals surface area contributed by atoms with E-state index in [0.717, 1.165) is 5.56 Å². The number of nitrogens with one attached hydrogen (secondary N) is 2. The van der Waals surface area contributed by atoms with Gasteiger partial charge in [-0.3, -0.25) is 14.4 Å². The molecule has 0 radical (unpaired) electrons. The molecule has 8 aromatic rings. The minimum atomic E-state index is -0.607. The first kappa shape index (κ1) is 54.8. The zero-order valence-corrected chi connectivity index (χ0v) is 41.1. The minimum absolute atomic E-state index is 0. The second-order valence-corrected chi connectivity index (χ2v) is 17.6. The molecule has 8 rings (SSSR count). The van der Waals surface area contributed by atoms with E-state index in [2.05, 4.69) is 37.2 Å². The molecule has 22 heteroatoms. The lowest BCUT2D eigenvalue weighted by Crippen LogP contribution is -2.32. The Morgan fingerprint density at radius 2 is 1.03 bits per heavy atom. The number of fused-ring (bicyclic) bond motifs is 3. The van der Waals surface area contributed by atoms with Crippen molar-refractivity contribution in [3.63, 3.8) is 0 Å². The molecule has 2 amide bonds. The molecule has 0 aliphatic rings. The van der Waals surface area contributed by atoms with E-state index in [1.54, 1.807) is 113 Å². The first-order valence-electron chi connectivity index (χ1n) is 22.1. The van der Waals surface area contributed by atoms with Crippen LogP contribution in [0.15, 0.2) is 113 Å². The highest BCUT2D eigenvalue weighted by atomic mass is 35.5. The molecule has 0 fully saturated rings. The SMILES string of the molecule is C#Cc1ccc2oc(CNC(=O)OC(C)(C)C)cc(=O)c2c1.CC(C)(C)OC(=O)NCc1cc(=O)c2cc(-c3cn(CCO)nn3)ccc2o1.Cl.NCc1cc(=O)c2cc(-c3cn(CCO)nn3)ccc2o1. The maximum atomic E-state index is 12.5. The number of halogens is 1. The van der Waals surface area contributed by atoms with Crippen LogP contribution in [0.5, 0.6) is 0 Å². The Morgan fingerprint density at radius 1 is 0.639 bits per heavy atom. The molecule has 21 nitrogen and oxygen atoms in total. The fraction of sp³-hybridized carbons (Fsp3) is 0.300. The number of benzene rings is 3. The van der Waals surface area contributed by atoms with Crippen LogP contribution < -0.4 is 32.7 Å². The number of nitrogens with zero attached hydrogens (tertiary/aromatic N) is 6. The van der Waals surface area contributed by atoms with Gasteiger partial charge in [-0.15, -0.1) is 29.0 Å². The normalized spacial score (nSPS) is 11.1. The molecule has 0 unspecified atom stereocenters. The zero-order valence-electron chi connectivity index (χ0n) is 40.3. The van der Waals surface area contributed by atoms with Crippen LogP contribution >= 0.6 is 12.4 Å². The Labute approximate surface area is 417 Å². The van der Waals surface area contributed by atoms with Crippen molar-refractivity contribution in [1.29, 1.82) is 0 Å². The van der Waals surface area contributed by atoms with Gasteiger partial charge in [0.15, 0.2) is 16.3 Å². The van der Waals surface area contributed by atoms with E-state index in [9.17, 15) is 24.0 Å². The standard InChI is InChI=1S/C19H22N4O5.C17H17NO4.C14H14N4O3.ClH/c1-19(2,3)28-18(26)20-10-13-9-16(25)14-8-12(4-5-17(14)27-13)15-11-23(6-7-24)22-21-15;1-5-11-6-7-15-13(8-11)14(19)9-12(21-15)10-18-16(20)22-17(2,3)4;15-7-10-6-13(20)11-5-9(1-2-14(11)21-10)12-8-18(3-4-19)17-16-12;/h4-5,8-9,11,24H,6-7,10H2,1-3H3,(H,20,26);1,6-9H,10H2,2-4H3,(H,18,20);1-2,5-6,8,19H,3-4,7,15H2;1H. The number of hydrogen-bond donors (Lipinski definition) is 5. The molecular weight excluding hydrogens is 954 g/mol. The van der Waals surface area contributed by atoms with Crippen LogP contribution in [-0.4, -0.2) is 76.8 Å². The number of aliphatic hydroxyl groups is 2. The average Bonchev–Trinajstić information content (AvgIpc) is 4.00. The fourth-order valence-electron chi connectivity index (χ4n) is 6.53. The lowest BCUT2D eigenvalue weighted by molar-refractivity contribution is 0.0509. The van der Waals surface area contributed by atoms with Crippen LogP contribution in [0.1, 0.15) is 64.4 Å². The molecular formula is C50H54ClN9O12. The summed E-state index contributed by atoms with van der Waals surface area (Å²) in [4.78, 5) is 60.0. The molecule has 0 aliphatic carbocycles. The van der Waals surface area contributed by atoms with E-state index in [-0.39, 0.29) is 61.5 Å². The average molecular weight is 1010 g/mol. The number of amides is 2. The third kappa shape index (κ3) is 15.2.